The first-order valence-corrected chi connectivity index (χ1v) is 7.14. The molecule has 1 atom stereocenters. The maximum atomic E-state index is 13.2. The van der Waals surface area contributed by atoms with Gasteiger partial charge in [0.15, 0.2) is 0 Å². The molecule has 2 rings (SSSR count). The van der Waals surface area contributed by atoms with Crippen LogP contribution in [0.25, 0.3) is 0 Å². The standard InChI is InChI=1S/C16H14F6N2O/c17-14(15(18,19)20)16(21,22)25-13-5-3-11(4-6-13)8-24-10-12-2-1-7-23-9-12/h1-7,9,14,24H,8,10H2. The van der Waals surface area contributed by atoms with E-state index < -0.39 is 24.2 Å². The van der Waals surface area contributed by atoms with Crippen molar-refractivity contribution in [3.05, 3.63) is 59.9 Å². The fourth-order valence-corrected chi connectivity index (χ4v) is 1.93. The number of nitrogens with zero attached hydrogens (tertiary/aromatic N) is 1. The van der Waals surface area contributed by atoms with Crippen LogP contribution in [0.5, 0.6) is 5.75 Å². The predicted molar refractivity (Wildman–Crippen MR) is 77.7 cm³/mol. The Morgan fingerprint density at radius 3 is 2.16 bits per heavy atom. The molecule has 0 fully saturated rings. The predicted octanol–water partition coefficient (Wildman–Crippen LogP) is 4.24. The van der Waals surface area contributed by atoms with Crippen molar-refractivity contribution < 1.29 is 31.1 Å². The molecule has 1 heterocycles. The molecule has 1 unspecified atom stereocenters. The summed E-state index contributed by atoms with van der Waals surface area (Å²) >= 11 is 0. The molecule has 1 aromatic carbocycles. The lowest BCUT2D eigenvalue weighted by Gasteiger charge is -2.23. The third-order valence-electron chi connectivity index (χ3n) is 3.14. The van der Waals surface area contributed by atoms with Gasteiger partial charge in [-0.3, -0.25) is 4.98 Å². The number of ether oxygens (including phenoxy) is 1. The number of pyridine rings is 1. The molecule has 0 radical (unpaired) electrons. The second-order valence-corrected chi connectivity index (χ2v) is 5.18. The molecule has 0 saturated heterocycles. The molecule has 0 saturated carbocycles. The van der Waals surface area contributed by atoms with Crippen LogP contribution in [-0.2, 0) is 13.1 Å². The first-order valence-electron chi connectivity index (χ1n) is 7.14. The van der Waals surface area contributed by atoms with Crippen molar-refractivity contribution in [2.75, 3.05) is 0 Å². The lowest BCUT2D eigenvalue weighted by atomic mass is 10.2. The van der Waals surface area contributed by atoms with Gasteiger partial charge in [-0.1, -0.05) is 18.2 Å². The van der Waals surface area contributed by atoms with Crippen LogP contribution in [0.15, 0.2) is 48.8 Å². The van der Waals surface area contributed by atoms with Gasteiger partial charge in [-0.15, -0.1) is 0 Å². The van der Waals surface area contributed by atoms with E-state index in [1.807, 2.05) is 6.07 Å². The van der Waals surface area contributed by atoms with Gasteiger partial charge in [-0.25, -0.2) is 4.39 Å². The van der Waals surface area contributed by atoms with E-state index in [1.165, 1.54) is 12.1 Å². The van der Waals surface area contributed by atoms with Crippen molar-refractivity contribution in [2.24, 2.45) is 0 Å². The number of rotatable bonds is 7. The highest BCUT2D eigenvalue weighted by atomic mass is 19.4. The van der Waals surface area contributed by atoms with E-state index in [2.05, 4.69) is 15.0 Å². The zero-order valence-corrected chi connectivity index (χ0v) is 12.7. The van der Waals surface area contributed by atoms with Crippen molar-refractivity contribution in [3.63, 3.8) is 0 Å². The van der Waals surface area contributed by atoms with Crippen LogP contribution >= 0.6 is 0 Å². The van der Waals surface area contributed by atoms with E-state index in [9.17, 15) is 26.3 Å². The Bertz CT molecular complexity index is 661. The van der Waals surface area contributed by atoms with Gasteiger partial charge in [0, 0.05) is 25.5 Å². The van der Waals surface area contributed by atoms with Gasteiger partial charge in [0.1, 0.15) is 5.75 Å². The van der Waals surface area contributed by atoms with E-state index in [1.54, 1.807) is 18.5 Å². The molecule has 136 valence electrons. The van der Waals surface area contributed by atoms with Crippen molar-refractivity contribution in [1.29, 1.82) is 0 Å². The normalized spacial score (nSPS) is 13.5. The van der Waals surface area contributed by atoms with Gasteiger partial charge >= 0.3 is 12.3 Å². The van der Waals surface area contributed by atoms with Gasteiger partial charge in [0.05, 0.1) is 0 Å². The molecular weight excluding hydrogens is 350 g/mol. The molecule has 0 bridgehead atoms. The van der Waals surface area contributed by atoms with Crippen LogP contribution in [0.3, 0.4) is 0 Å². The summed E-state index contributed by atoms with van der Waals surface area (Å²) in [6.45, 7) is 0.916. The second kappa shape index (κ2) is 7.73. The van der Waals surface area contributed by atoms with Crippen molar-refractivity contribution in [3.8, 4) is 5.75 Å². The molecule has 1 N–H and O–H groups in total. The second-order valence-electron chi connectivity index (χ2n) is 5.18. The summed E-state index contributed by atoms with van der Waals surface area (Å²) in [6, 6.07) is 8.54. The highest BCUT2D eigenvalue weighted by molar-refractivity contribution is 5.27. The van der Waals surface area contributed by atoms with E-state index in [-0.39, 0.29) is 0 Å². The zero-order chi connectivity index (χ0) is 18.5. The van der Waals surface area contributed by atoms with E-state index in [0.29, 0.717) is 18.7 Å². The average Bonchev–Trinajstić information content (AvgIpc) is 2.55. The first-order chi connectivity index (χ1) is 11.7. The average molecular weight is 364 g/mol. The van der Waals surface area contributed by atoms with E-state index in [0.717, 1.165) is 17.7 Å². The molecule has 25 heavy (non-hydrogen) atoms. The molecule has 0 aliphatic heterocycles. The monoisotopic (exact) mass is 364 g/mol. The minimum absolute atomic E-state index is 0.389. The Morgan fingerprint density at radius 2 is 1.60 bits per heavy atom. The summed E-state index contributed by atoms with van der Waals surface area (Å²) in [5, 5.41) is 3.09. The zero-order valence-electron chi connectivity index (χ0n) is 12.7. The molecule has 3 nitrogen and oxygen atoms in total. The number of halogens is 6. The number of hydrogen-bond acceptors (Lipinski definition) is 3. The molecule has 0 spiro atoms. The summed E-state index contributed by atoms with van der Waals surface area (Å²) in [6.07, 6.45) is -11.8. The van der Waals surface area contributed by atoms with Gasteiger partial charge in [0.2, 0.25) is 0 Å². The molecule has 0 aliphatic rings. The highest BCUT2D eigenvalue weighted by Gasteiger charge is 2.59. The largest absolute Gasteiger partial charge is 0.439 e. The summed E-state index contributed by atoms with van der Waals surface area (Å²) in [5.41, 5.74) is 1.63. The fourth-order valence-electron chi connectivity index (χ4n) is 1.93. The maximum Gasteiger partial charge on any atom is 0.439 e. The van der Waals surface area contributed by atoms with Crippen LogP contribution in [0, 0.1) is 0 Å². The molecule has 2 aromatic rings. The van der Waals surface area contributed by atoms with E-state index >= 15 is 0 Å². The van der Waals surface area contributed by atoms with Gasteiger partial charge in [-0.2, -0.15) is 22.0 Å². The minimum Gasteiger partial charge on any atom is -0.430 e. The Morgan fingerprint density at radius 1 is 0.960 bits per heavy atom. The number of benzene rings is 1. The molecule has 0 aliphatic carbocycles. The van der Waals surface area contributed by atoms with E-state index in [4.69, 9.17) is 0 Å². The maximum absolute atomic E-state index is 13.2. The summed E-state index contributed by atoms with van der Waals surface area (Å²) in [4.78, 5) is 3.95. The number of aromatic nitrogens is 1. The Kier molecular flexibility index (Phi) is 5.89. The lowest BCUT2D eigenvalue weighted by molar-refractivity contribution is -0.304. The fraction of sp³-hybridized carbons (Fsp3) is 0.312. The van der Waals surface area contributed by atoms with Crippen LogP contribution in [0.2, 0.25) is 0 Å². The van der Waals surface area contributed by atoms with Gasteiger partial charge < -0.3 is 10.1 Å². The quantitative estimate of drug-likeness (QED) is 0.746. The number of alkyl halides is 6. The Balaban J connectivity index is 1.89. The number of nitrogens with one attached hydrogen (secondary N) is 1. The molecule has 1 aromatic heterocycles. The summed E-state index contributed by atoms with van der Waals surface area (Å²) in [5.74, 6) is -0.562. The lowest BCUT2D eigenvalue weighted by Crippen LogP contribution is -2.45. The van der Waals surface area contributed by atoms with Crippen LogP contribution < -0.4 is 10.1 Å². The van der Waals surface area contributed by atoms with Crippen molar-refractivity contribution in [2.45, 2.75) is 31.5 Å². The number of hydrogen-bond donors (Lipinski definition) is 1. The topological polar surface area (TPSA) is 34.1 Å². The third kappa shape index (κ3) is 5.63. The van der Waals surface area contributed by atoms with Gasteiger partial charge in [0.25, 0.3) is 6.17 Å². The third-order valence-corrected chi connectivity index (χ3v) is 3.14. The summed E-state index contributed by atoms with van der Waals surface area (Å²) < 4.78 is 79.1. The van der Waals surface area contributed by atoms with Crippen molar-refractivity contribution in [1.82, 2.24) is 10.3 Å². The Hall–Kier alpha value is -2.29. The molecular formula is C16H14F6N2O. The first kappa shape index (κ1) is 19.0. The summed E-state index contributed by atoms with van der Waals surface area (Å²) in [7, 11) is 0. The SMILES string of the molecule is FC(C(F)(F)F)C(F)(F)Oc1ccc(CNCc2cccnc2)cc1. The van der Waals surface area contributed by atoms with Crippen LogP contribution in [0.1, 0.15) is 11.1 Å². The molecule has 9 heteroatoms. The minimum atomic E-state index is -5.71. The Labute approximate surface area is 139 Å². The van der Waals surface area contributed by atoms with Crippen LogP contribution in [-0.4, -0.2) is 23.4 Å². The smallest absolute Gasteiger partial charge is 0.430 e. The van der Waals surface area contributed by atoms with Crippen molar-refractivity contribution >= 4 is 0 Å². The molecule has 0 amide bonds. The highest BCUT2D eigenvalue weighted by Crippen LogP contribution is 2.36. The van der Waals surface area contributed by atoms with Crippen LogP contribution in [0.4, 0.5) is 26.3 Å². The van der Waals surface area contributed by atoms with Gasteiger partial charge in [-0.05, 0) is 29.3 Å².